The molecular formula is C20H18O6. The van der Waals surface area contributed by atoms with Crippen molar-refractivity contribution in [1.29, 1.82) is 0 Å². The van der Waals surface area contributed by atoms with Crippen molar-refractivity contribution in [3.63, 3.8) is 0 Å². The quantitative estimate of drug-likeness (QED) is 0.648. The molecular weight excluding hydrogens is 336 g/mol. The van der Waals surface area contributed by atoms with E-state index in [9.17, 15) is 9.59 Å². The van der Waals surface area contributed by atoms with Crippen LogP contribution in [0, 0.1) is 6.92 Å². The molecule has 0 aliphatic heterocycles. The Morgan fingerprint density at radius 1 is 1.08 bits per heavy atom. The van der Waals surface area contributed by atoms with Crippen molar-refractivity contribution in [2.75, 3.05) is 7.11 Å². The number of rotatable bonds is 5. The van der Waals surface area contributed by atoms with Crippen LogP contribution in [0.2, 0.25) is 0 Å². The molecule has 0 saturated carbocycles. The van der Waals surface area contributed by atoms with E-state index < -0.39 is 12.1 Å². The van der Waals surface area contributed by atoms with Crippen LogP contribution in [0.1, 0.15) is 12.7 Å². The fourth-order valence-electron chi connectivity index (χ4n) is 2.48. The van der Waals surface area contributed by atoms with E-state index in [1.165, 1.54) is 7.11 Å². The van der Waals surface area contributed by atoms with Gasteiger partial charge >= 0.3 is 5.97 Å². The first-order valence-corrected chi connectivity index (χ1v) is 8.04. The molecule has 26 heavy (non-hydrogen) atoms. The van der Waals surface area contributed by atoms with Gasteiger partial charge in [-0.1, -0.05) is 18.2 Å². The van der Waals surface area contributed by atoms with E-state index in [0.29, 0.717) is 28.2 Å². The summed E-state index contributed by atoms with van der Waals surface area (Å²) < 4.78 is 21.6. The normalized spacial score (nSPS) is 11.8. The summed E-state index contributed by atoms with van der Waals surface area (Å²) in [7, 11) is 1.29. The number of para-hydroxylation sites is 1. The van der Waals surface area contributed by atoms with Crippen molar-refractivity contribution < 1.29 is 23.4 Å². The molecule has 0 radical (unpaired) electrons. The third-order valence-electron chi connectivity index (χ3n) is 3.80. The maximum atomic E-state index is 12.7. The number of benzene rings is 2. The lowest BCUT2D eigenvalue weighted by Gasteiger charge is -2.13. The fourth-order valence-corrected chi connectivity index (χ4v) is 2.48. The van der Waals surface area contributed by atoms with Crippen LogP contribution in [0.3, 0.4) is 0 Å². The molecule has 1 aromatic heterocycles. The lowest BCUT2D eigenvalue weighted by atomic mass is 10.2. The van der Waals surface area contributed by atoms with Crippen molar-refractivity contribution >= 4 is 16.9 Å². The molecule has 2 aromatic carbocycles. The SMILES string of the molecule is COC(=O)[C@@H](C)Oc1ccc2c(=O)c(Oc3ccccc3)c(C)oc2c1. The largest absolute Gasteiger partial charge is 0.479 e. The highest BCUT2D eigenvalue weighted by Crippen LogP contribution is 2.27. The summed E-state index contributed by atoms with van der Waals surface area (Å²) in [5.41, 5.74) is 0.0719. The summed E-state index contributed by atoms with van der Waals surface area (Å²) in [5.74, 6) is 0.947. The molecule has 1 heterocycles. The second-order valence-electron chi connectivity index (χ2n) is 5.67. The van der Waals surface area contributed by atoms with Crippen molar-refractivity contribution in [2.45, 2.75) is 20.0 Å². The van der Waals surface area contributed by atoms with E-state index in [2.05, 4.69) is 4.74 Å². The number of carbonyl (C=O) groups is 1. The van der Waals surface area contributed by atoms with Crippen LogP contribution in [0.15, 0.2) is 57.7 Å². The van der Waals surface area contributed by atoms with Crippen molar-refractivity contribution in [3.05, 3.63) is 64.5 Å². The number of fused-ring (bicyclic) bond motifs is 1. The zero-order valence-electron chi connectivity index (χ0n) is 14.6. The number of esters is 1. The summed E-state index contributed by atoms with van der Waals surface area (Å²) >= 11 is 0. The second kappa shape index (κ2) is 7.31. The van der Waals surface area contributed by atoms with Gasteiger partial charge in [0.15, 0.2) is 6.10 Å². The van der Waals surface area contributed by atoms with Crippen LogP contribution in [-0.2, 0) is 9.53 Å². The Kier molecular flexibility index (Phi) is 4.93. The molecule has 0 bridgehead atoms. The number of hydrogen-bond donors (Lipinski definition) is 0. The Morgan fingerprint density at radius 2 is 1.81 bits per heavy atom. The second-order valence-corrected chi connectivity index (χ2v) is 5.67. The van der Waals surface area contributed by atoms with Crippen LogP contribution < -0.4 is 14.9 Å². The first-order valence-electron chi connectivity index (χ1n) is 8.04. The van der Waals surface area contributed by atoms with Gasteiger partial charge in [0, 0.05) is 6.07 Å². The molecule has 0 N–H and O–H groups in total. The van der Waals surface area contributed by atoms with E-state index in [1.54, 1.807) is 44.2 Å². The van der Waals surface area contributed by atoms with Crippen molar-refractivity contribution in [3.8, 4) is 17.2 Å². The first kappa shape index (κ1) is 17.5. The summed E-state index contributed by atoms with van der Waals surface area (Å²) in [6, 6.07) is 13.8. The van der Waals surface area contributed by atoms with Gasteiger partial charge in [0.25, 0.3) is 0 Å². The monoisotopic (exact) mass is 354 g/mol. The summed E-state index contributed by atoms with van der Waals surface area (Å²) in [6.07, 6.45) is -0.772. The smallest absolute Gasteiger partial charge is 0.346 e. The molecule has 0 amide bonds. The minimum Gasteiger partial charge on any atom is -0.479 e. The van der Waals surface area contributed by atoms with E-state index in [1.807, 2.05) is 18.2 Å². The molecule has 3 aromatic rings. The van der Waals surface area contributed by atoms with E-state index in [-0.39, 0.29) is 11.2 Å². The van der Waals surface area contributed by atoms with Gasteiger partial charge in [0.1, 0.15) is 22.8 Å². The molecule has 0 fully saturated rings. The van der Waals surface area contributed by atoms with Gasteiger partial charge in [-0.15, -0.1) is 0 Å². The van der Waals surface area contributed by atoms with Crippen LogP contribution >= 0.6 is 0 Å². The molecule has 1 atom stereocenters. The van der Waals surface area contributed by atoms with Gasteiger partial charge in [-0.05, 0) is 38.1 Å². The molecule has 134 valence electrons. The number of aryl methyl sites for hydroxylation is 1. The topological polar surface area (TPSA) is 75.0 Å². The summed E-state index contributed by atoms with van der Waals surface area (Å²) in [5, 5.41) is 0.361. The standard InChI is InChI=1S/C20H18O6/c1-12-19(26-14-7-5-4-6-8-14)18(21)16-10-9-15(11-17(16)25-12)24-13(2)20(22)23-3/h4-11,13H,1-3H3/t13-/m1/s1. The maximum absolute atomic E-state index is 12.7. The van der Waals surface area contributed by atoms with Crippen molar-refractivity contribution in [1.82, 2.24) is 0 Å². The minimum absolute atomic E-state index is 0.139. The third-order valence-corrected chi connectivity index (χ3v) is 3.80. The van der Waals surface area contributed by atoms with Crippen LogP contribution in [-0.4, -0.2) is 19.2 Å². The lowest BCUT2D eigenvalue weighted by molar-refractivity contribution is -0.147. The predicted molar refractivity (Wildman–Crippen MR) is 95.8 cm³/mol. The van der Waals surface area contributed by atoms with E-state index in [4.69, 9.17) is 13.9 Å². The highest BCUT2D eigenvalue weighted by Gasteiger charge is 2.17. The Balaban J connectivity index is 1.96. The Labute approximate surface area is 149 Å². The van der Waals surface area contributed by atoms with Crippen LogP contribution in [0.4, 0.5) is 0 Å². The average molecular weight is 354 g/mol. The number of methoxy groups -OCH3 is 1. The molecule has 0 aliphatic rings. The number of carbonyl (C=O) groups excluding carboxylic acids is 1. The van der Waals surface area contributed by atoms with Gasteiger partial charge in [-0.25, -0.2) is 4.79 Å². The van der Waals surface area contributed by atoms with E-state index in [0.717, 1.165) is 0 Å². The van der Waals surface area contributed by atoms with Gasteiger partial charge in [-0.3, -0.25) is 4.79 Å². The summed E-state index contributed by atoms with van der Waals surface area (Å²) in [4.78, 5) is 24.2. The molecule has 6 heteroatoms. The van der Waals surface area contributed by atoms with Crippen LogP contribution in [0.25, 0.3) is 11.0 Å². The molecule has 0 saturated heterocycles. The Hall–Kier alpha value is -3.28. The highest BCUT2D eigenvalue weighted by atomic mass is 16.6. The van der Waals surface area contributed by atoms with Gasteiger partial charge in [0.2, 0.25) is 11.2 Å². The highest BCUT2D eigenvalue weighted by molar-refractivity contribution is 5.80. The zero-order valence-corrected chi connectivity index (χ0v) is 14.6. The Bertz CT molecular complexity index is 990. The third kappa shape index (κ3) is 3.54. The minimum atomic E-state index is -0.772. The maximum Gasteiger partial charge on any atom is 0.346 e. The lowest BCUT2D eigenvalue weighted by Crippen LogP contribution is -2.24. The molecule has 0 aliphatic carbocycles. The van der Waals surface area contributed by atoms with Crippen molar-refractivity contribution in [2.24, 2.45) is 0 Å². The number of hydrogen-bond acceptors (Lipinski definition) is 6. The fraction of sp³-hybridized carbons (Fsp3) is 0.200. The van der Waals surface area contributed by atoms with Gasteiger partial charge < -0.3 is 18.6 Å². The predicted octanol–water partition coefficient (Wildman–Crippen LogP) is 3.83. The zero-order chi connectivity index (χ0) is 18.7. The van der Waals surface area contributed by atoms with Crippen LogP contribution in [0.5, 0.6) is 17.2 Å². The average Bonchev–Trinajstić information content (AvgIpc) is 2.65. The van der Waals surface area contributed by atoms with Gasteiger partial charge in [-0.2, -0.15) is 0 Å². The van der Waals surface area contributed by atoms with Gasteiger partial charge in [0.05, 0.1) is 12.5 Å². The number of ether oxygens (including phenoxy) is 3. The summed E-state index contributed by atoms with van der Waals surface area (Å²) in [6.45, 7) is 3.23. The Morgan fingerprint density at radius 3 is 2.50 bits per heavy atom. The molecule has 0 spiro atoms. The first-order chi connectivity index (χ1) is 12.5. The molecule has 0 unspecified atom stereocenters. The molecule has 3 rings (SSSR count). The van der Waals surface area contributed by atoms with E-state index >= 15 is 0 Å². The molecule has 6 nitrogen and oxygen atoms in total.